The molecule has 3 N–H and O–H groups in total. The number of rotatable bonds is 16. The number of allylic oxidation sites excluding steroid dienone is 1. The Balaban J connectivity index is 3.53. The highest BCUT2D eigenvalue weighted by atomic mass is 16.2. The molecule has 0 rings (SSSR count). The second kappa shape index (κ2) is 16.4. The lowest BCUT2D eigenvalue weighted by molar-refractivity contribution is -0.128. The zero-order chi connectivity index (χ0) is 19.7. The van der Waals surface area contributed by atoms with Crippen molar-refractivity contribution in [2.75, 3.05) is 6.54 Å². The van der Waals surface area contributed by atoms with Crippen LogP contribution in [0.2, 0.25) is 0 Å². The zero-order valence-electron chi connectivity index (χ0n) is 18.1. The largest absolute Gasteiger partial charge is 0.348 e. The molecule has 0 aromatic rings. The predicted molar refractivity (Wildman–Crippen MR) is 115 cm³/mol. The molecule has 3 heteroatoms. The molecule has 0 aliphatic heterocycles. The van der Waals surface area contributed by atoms with Gasteiger partial charge in [-0.15, -0.1) is 0 Å². The second-order valence-electron chi connectivity index (χ2n) is 8.67. The van der Waals surface area contributed by atoms with Crippen LogP contribution in [0.4, 0.5) is 0 Å². The van der Waals surface area contributed by atoms with Crippen LogP contribution in [0.15, 0.2) is 12.2 Å². The minimum Gasteiger partial charge on any atom is -0.348 e. The summed E-state index contributed by atoms with van der Waals surface area (Å²) in [6, 6.07) is -0.0425. The van der Waals surface area contributed by atoms with E-state index in [1.54, 1.807) is 0 Å². The molecule has 0 fully saturated rings. The molecule has 0 radical (unpaired) electrons. The molecule has 0 aliphatic rings. The van der Waals surface area contributed by atoms with Gasteiger partial charge in [0.05, 0.1) is 6.04 Å². The average molecular weight is 367 g/mol. The zero-order valence-corrected chi connectivity index (χ0v) is 18.1. The standard InChI is InChI=1S/C23H46N2O/c1-5-6-7-8-9-10-11-12-13-14-15-16-17-18-19-21(20-24)25-22(26)23(2,3)4/h18-19,21H,5-17,20,24H2,1-4H3,(H,25,26)/b19-18+/t21-/m1/s1. The van der Waals surface area contributed by atoms with E-state index in [2.05, 4.69) is 24.4 Å². The number of nitrogens with two attached hydrogens (primary N) is 1. The van der Waals surface area contributed by atoms with E-state index in [0.717, 1.165) is 6.42 Å². The van der Waals surface area contributed by atoms with Crippen molar-refractivity contribution >= 4 is 5.91 Å². The number of carbonyl (C=O) groups is 1. The summed E-state index contributed by atoms with van der Waals surface area (Å²) >= 11 is 0. The van der Waals surface area contributed by atoms with Crippen LogP contribution in [0.3, 0.4) is 0 Å². The fraction of sp³-hybridized carbons (Fsp3) is 0.870. The number of unbranched alkanes of at least 4 members (excludes halogenated alkanes) is 12. The van der Waals surface area contributed by atoms with E-state index >= 15 is 0 Å². The summed E-state index contributed by atoms with van der Waals surface area (Å²) < 4.78 is 0. The topological polar surface area (TPSA) is 55.1 Å². The lowest BCUT2D eigenvalue weighted by atomic mass is 9.95. The minimum absolute atomic E-state index is 0.0425. The number of hydrogen-bond donors (Lipinski definition) is 2. The van der Waals surface area contributed by atoms with E-state index in [9.17, 15) is 4.79 Å². The molecule has 0 aromatic heterocycles. The van der Waals surface area contributed by atoms with Crippen molar-refractivity contribution in [3.63, 3.8) is 0 Å². The third-order valence-electron chi connectivity index (χ3n) is 4.84. The van der Waals surface area contributed by atoms with Gasteiger partial charge in [0.1, 0.15) is 0 Å². The highest BCUT2D eigenvalue weighted by Crippen LogP contribution is 2.14. The smallest absolute Gasteiger partial charge is 0.225 e. The number of hydrogen-bond acceptors (Lipinski definition) is 2. The molecule has 0 heterocycles. The summed E-state index contributed by atoms with van der Waals surface area (Å²) in [4.78, 5) is 12.0. The van der Waals surface area contributed by atoms with Gasteiger partial charge in [-0.2, -0.15) is 0 Å². The Morgan fingerprint density at radius 1 is 0.885 bits per heavy atom. The molecule has 0 spiro atoms. The Morgan fingerprint density at radius 3 is 1.77 bits per heavy atom. The van der Waals surface area contributed by atoms with Gasteiger partial charge in [0.15, 0.2) is 0 Å². The highest BCUT2D eigenvalue weighted by molar-refractivity contribution is 5.81. The van der Waals surface area contributed by atoms with E-state index in [1.165, 1.54) is 77.0 Å². The Hall–Kier alpha value is -0.830. The first-order valence-corrected chi connectivity index (χ1v) is 11.1. The van der Waals surface area contributed by atoms with Crippen molar-refractivity contribution in [2.24, 2.45) is 11.1 Å². The third kappa shape index (κ3) is 15.4. The van der Waals surface area contributed by atoms with Crippen LogP contribution in [0, 0.1) is 5.41 Å². The van der Waals surface area contributed by atoms with Crippen molar-refractivity contribution in [3.05, 3.63) is 12.2 Å². The maximum atomic E-state index is 12.0. The fourth-order valence-electron chi connectivity index (χ4n) is 2.93. The summed E-state index contributed by atoms with van der Waals surface area (Å²) in [5, 5.41) is 3.00. The molecule has 0 saturated heterocycles. The van der Waals surface area contributed by atoms with Gasteiger partial charge in [0.2, 0.25) is 5.91 Å². The molecular formula is C23H46N2O. The van der Waals surface area contributed by atoms with Gasteiger partial charge in [0.25, 0.3) is 0 Å². The van der Waals surface area contributed by atoms with Crippen LogP contribution in [-0.2, 0) is 4.79 Å². The number of carbonyl (C=O) groups excluding carboxylic acids is 1. The monoisotopic (exact) mass is 366 g/mol. The van der Waals surface area contributed by atoms with Gasteiger partial charge < -0.3 is 11.1 Å². The molecule has 0 saturated carbocycles. The normalized spacial score (nSPS) is 13.3. The molecule has 26 heavy (non-hydrogen) atoms. The summed E-state index contributed by atoms with van der Waals surface area (Å²) in [6.45, 7) is 8.50. The molecular weight excluding hydrogens is 320 g/mol. The van der Waals surface area contributed by atoms with Gasteiger partial charge in [0, 0.05) is 12.0 Å². The second-order valence-corrected chi connectivity index (χ2v) is 8.67. The Labute approximate surface area is 163 Å². The van der Waals surface area contributed by atoms with Crippen molar-refractivity contribution in [2.45, 2.75) is 117 Å². The minimum atomic E-state index is -0.364. The van der Waals surface area contributed by atoms with Crippen LogP contribution < -0.4 is 11.1 Å². The van der Waals surface area contributed by atoms with E-state index in [-0.39, 0.29) is 17.4 Å². The van der Waals surface area contributed by atoms with Crippen LogP contribution in [0.25, 0.3) is 0 Å². The van der Waals surface area contributed by atoms with Crippen LogP contribution in [0.5, 0.6) is 0 Å². The van der Waals surface area contributed by atoms with E-state index in [4.69, 9.17) is 5.73 Å². The Kier molecular flexibility index (Phi) is 15.8. The Morgan fingerprint density at radius 2 is 1.35 bits per heavy atom. The lowest BCUT2D eigenvalue weighted by Crippen LogP contribution is -2.44. The molecule has 0 bridgehead atoms. The van der Waals surface area contributed by atoms with Crippen LogP contribution >= 0.6 is 0 Å². The summed E-state index contributed by atoms with van der Waals surface area (Å²) in [7, 11) is 0. The molecule has 154 valence electrons. The van der Waals surface area contributed by atoms with E-state index < -0.39 is 0 Å². The molecule has 3 nitrogen and oxygen atoms in total. The van der Waals surface area contributed by atoms with E-state index in [1.807, 2.05) is 20.8 Å². The SMILES string of the molecule is CCCCCCCCCCCCCC/C=C/[C@H](CN)NC(=O)C(C)(C)C. The van der Waals surface area contributed by atoms with Crippen LogP contribution in [-0.4, -0.2) is 18.5 Å². The van der Waals surface area contributed by atoms with Gasteiger partial charge in [-0.05, 0) is 12.8 Å². The number of amides is 1. The fourth-order valence-corrected chi connectivity index (χ4v) is 2.93. The van der Waals surface area contributed by atoms with Gasteiger partial charge in [-0.25, -0.2) is 0 Å². The van der Waals surface area contributed by atoms with Crippen molar-refractivity contribution < 1.29 is 4.79 Å². The molecule has 1 amide bonds. The Bertz CT molecular complexity index is 358. The molecule has 0 aromatic carbocycles. The molecule has 0 unspecified atom stereocenters. The highest BCUT2D eigenvalue weighted by Gasteiger charge is 2.22. The average Bonchev–Trinajstić information content (AvgIpc) is 2.59. The first-order valence-electron chi connectivity index (χ1n) is 11.1. The summed E-state index contributed by atoms with van der Waals surface area (Å²) in [6.07, 6.45) is 21.9. The molecule has 1 atom stereocenters. The van der Waals surface area contributed by atoms with Gasteiger partial charge in [-0.3, -0.25) is 4.79 Å². The first kappa shape index (κ1) is 25.2. The van der Waals surface area contributed by atoms with E-state index in [0.29, 0.717) is 6.54 Å². The van der Waals surface area contributed by atoms with Crippen molar-refractivity contribution in [3.8, 4) is 0 Å². The number of nitrogens with one attached hydrogen (secondary N) is 1. The van der Waals surface area contributed by atoms with Crippen molar-refractivity contribution in [1.82, 2.24) is 5.32 Å². The third-order valence-corrected chi connectivity index (χ3v) is 4.84. The van der Waals surface area contributed by atoms with Crippen LogP contribution in [0.1, 0.15) is 111 Å². The first-order chi connectivity index (χ1) is 12.4. The lowest BCUT2D eigenvalue weighted by Gasteiger charge is -2.21. The predicted octanol–water partition coefficient (Wildman–Crippen LogP) is 6.12. The maximum absolute atomic E-state index is 12.0. The summed E-state index contributed by atoms with van der Waals surface area (Å²) in [5.74, 6) is 0.0583. The van der Waals surface area contributed by atoms with Crippen molar-refractivity contribution in [1.29, 1.82) is 0 Å². The quantitative estimate of drug-likeness (QED) is 0.255. The van der Waals surface area contributed by atoms with Gasteiger partial charge in [-0.1, -0.05) is 110 Å². The summed E-state index contributed by atoms with van der Waals surface area (Å²) in [5.41, 5.74) is 5.39. The molecule has 0 aliphatic carbocycles. The maximum Gasteiger partial charge on any atom is 0.225 e. The van der Waals surface area contributed by atoms with Gasteiger partial charge >= 0.3 is 0 Å².